The van der Waals surface area contributed by atoms with Crippen molar-refractivity contribution in [2.24, 2.45) is 5.10 Å². The number of carbonyl (C=O) groups excluding carboxylic acids is 1. The van der Waals surface area contributed by atoms with Crippen molar-refractivity contribution in [3.63, 3.8) is 0 Å². The third kappa shape index (κ3) is 4.06. The average Bonchev–Trinajstić information content (AvgIpc) is 2.79. The maximum atomic E-state index is 12.1. The molecule has 0 unspecified atom stereocenters. The second-order valence-electron chi connectivity index (χ2n) is 5.20. The smallest absolute Gasteiger partial charge is 0.321 e. The van der Waals surface area contributed by atoms with Gasteiger partial charge in [0.25, 0.3) is 0 Å². The molecule has 0 aromatic heterocycles. The number of carbonyl (C=O) groups is 1. The summed E-state index contributed by atoms with van der Waals surface area (Å²) < 4.78 is 0. The molecule has 0 N–H and O–H groups in total. The predicted molar refractivity (Wildman–Crippen MR) is 80.9 cm³/mol. The summed E-state index contributed by atoms with van der Waals surface area (Å²) in [6.45, 7) is 3.23. The van der Waals surface area contributed by atoms with Crippen LogP contribution in [0.1, 0.15) is 12.0 Å². The molecule has 0 radical (unpaired) electrons. The highest BCUT2D eigenvalue weighted by Crippen LogP contribution is 2.10. The van der Waals surface area contributed by atoms with Gasteiger partial charge in [0, 0.05) is 13.1 Å². The van der Waals surface area contributed by atoms with Gasteiger partial charge in [-0.05, 0) is 32.6 Å². The average molecular weight is 274 g/mol. The van der Waals surface area contributed by atoms with Gasteiger partial charge in [0.2, 0.25) is 0 Å². The number of hydrogen-bond acceptors (Lipinski definition) is 3. The first-order chi connectivity index (χ1) is 9.66. The molecule has 0 aliphatic carbocycles. The van der Waals surface area contributed by atoms with Crippen LogP contribution in [0.4, 0.5) is 4.79 Å². The minimum Gasteiger partial charge on any atom is -0.321 e. The van der Waals surface area contributed by atoms with Crippen molar-refractivity contribution in [2.45, 2.75) is 6.42 Å². The molecule has 1 aromatic carbocycles. The van der Waals surface area contributed by atoms with E-state index in [0.717, 1.165) is 31.6 Å². The Hall–Kier alpha value is -1.88. The molecule has 1 heterocycles. The van der Waals surface area contributed by atoms with Gasteiger partial charge in [-0.15, -0.1) is 0 Å². The molecule has 5 heteroatoms. The van der Waals surface area contributed by atoms with Crippen LogP contribution < -0.4 is 0 Å². The van der Waals surface area contributed by atoms with Crippen LogP contribution in [-0.4, -0.2) is 67.3 Å². The van der Waals surface area contributed by atoms with Gasteiger partial charge < -0.3 is 9.80 Å². The number of rotatable bonds is 6. The Morgan fingerprint density at radius 3 is 2.70 bits per heavy atom. The molecule has 1 aromatic rings. The Kier molecular flexibility index (Phi) is 5.12. The molecule has 2 amide bonds. The van der Waals surface area contributed by atoms with Crippen LogP contribution in [0.15, 0.2) is 35.4 Å². The Labute approximate surface area is 120 Å². The van der Waals surface area contributed by atoms with E-state index in [0.29, 0.717) is 6.54 Å². The first-order valence-corrected chi connectivity index (χ1v) is 6.97. The zero-order valence-electron chi connectivity index (χ0n) is 12.2. The van der Waals surface area contributed by atoms with E-state index in [2.05, 4.69) is 10.0 Å². The van der Waals surface area contributed by atoms with Crippen LogP contribution in [0.2, 0.25) is 0 Å². The molecule has 2 rings (SSSR count). The summed E-state index contributed by atoms with van der Waals surface area (Å²) in [4.78, 5) is 16.1. The third-order valence-electron chi connectivity index (χ3n) is 3.25. The van der Waals surface area contributed by atoms with E-state index < -0.39 is 0 Å². The summed E-state index contributed by atoms with van der Waals surface area (Å²) in [5, 5.41) is 5.82. The molecule has 1 fully saturated rings. The maximum Gasteiger partial charge on any atom is 0.340 e. The van der Waals surface area contributed by atoms with Crippen LogP contribution >= 0.6 is 0 Å². The van der Waals surface area contributed by atoms with E-state index in [9.17, 15) is 4.79 Å². The number of benzene rings is 1. The van der Waals surface area contributed by atoms with Crippen LogP contribution in [0, 0.1) is 0 Å². The second-order valence-corrected chi connectivity index (χ2v) is 5.20. The summed E-state index contributed by atoms with van der Waals surface area (Å²) >= 11 is 0. The molecule has 108 valence electrons. The Balaban J connectivity index is 1.83. The highest BCUT2D eigenvalue weighted by molar-refractivity contribution is 5.82. The molecule has 0 atom stereocenters. The Morgan fingerprint density at radius 2 is 2.00 bits per heavy atom. The quantitative estimate of drug-likeness (QED) is 0.741. The van der Waals surface area contributed by atoms with E-state index in [1.54, 1.807) is 11.2 Å². The van der Waals surface area contributed by atoms with E-state index in [4.69, 9.17) is 0 Å². The van der Waals surface area contributed by atoms with Crippen molar-refractivity contribution in [3.05, 3.63) is 35.9 Å². The van der Waals surface area contributed by atoms with Crippen molar-refractivity contribution in [3.8, 4) is 0 Å². The monoisotopic (exact) mass is 274 g/mol. The maximum absolute atomic E-state index is 12.1. The zero-order valence-corrected chi connectivity index (χ0v) is 12.2. The van der Waals surface area contributed by atoms with Crippen molar-refractivity contribution in [1.82, 2.24) is 14.8 Å². The fraction of sp³-hybridized carbons (Fsp3) is 0.467. The summed E-state index contributed by atoms with van der Waals surface area (Å²) in [7, 11) is 4.09. The lowest BCUT2D eigenvalue weighted by molar-refractivity contribution is 0.192. The molecule has 0 bridgehead atoms. The second kappa shape index (κ2) is 7.05. The van der Waals surface area contributed by atoms with Gasteiger partial charge in [-0.1, -0.05) is 30.3 Å². The molecule has 20 heavy (non-hydrogen) atoms. The minimum absolute atomic E-state index is 0.0101. The number of nitrogens with zero attached hydrogens (tertiary/aromatic N) is 4. The molecule has 0 spiro atoms. The standard InChI is InChI=1S/C15H22N4O/c1-17(2)9-6-10-18-11-12-19(15(18)20)16-13-14-7-4-3-5-8-14/h3-5,7-8,13H,6,9-12H2,1-2H3. The lowest BCUT2D eigenvalue weighted by Gasteiger charge is -2.17. The van der Waals surface area contributed by atoms with Crippen molar-refractivity contribution < 1.29 is 4.79 Å². The molecular formula is C15H22N4O. The van der Waals surface area contributed by atoms with Crippen LogP contribution in [0.25, 0.3) is 0 Å². The van der Waals surface area contributed by atoms with E-state index in [-0.39, 0.29) is 6.03 Å². The minimum atomic E-state index is 0.0101. The van der Waals surface area contributed by atoms with Gasteiger partial charge in [0.1, 0.15) is 0 Å². The van der Waals surface area contributed by atoms with E-state index in [1.165, 1.54) is 0 Å². The fourth-order valence-electron chi connectivity index (χ4n) is 2.14. The van der Waals surface area contributed by atoms with E-state index in [1.807, 2.05) is 49.3 Å². The number of urea groups is 1. The number of hydrazone groups is 1. The van der Waals surface area contributed by atoms with Crippen LogP contribution in [0.3, 0.4) is 0 Å². The first-order valence-electron chi connectivity index (χ1n) is 6.97. The predicted octanol–water partition coefficient (Wildman–Crippen LogP) is 1.71. The summed E-state index contributed by atoms with van der Waals surface area (Å²) in [6, 6.07) is 9.83. The lowest BCUT2D eigenvalue weighted by Crippen LogP contribution is -2.31. The lowest BCUT2D eigenvalue weighted by atomic mass is 10.2. The Bertz CT molecular complexity index is 458. The fourth-order valence-corrected chi connectivity index (χ4v) is 2.14. The van der Waals surface area contributed by atoms with Gasteiger partial charge in [-0.2, -0.15) is 5.10 Å². The molecule has 5 nitrogen and oxygen atoms in total. The van der Waals surface area contributed by atoms with E-state index >= 15 is 0 Å². The Morgan fingerprint density at radius 1 is 1.25 bits per heavy atom. The van der Waals surface area contributed by atoms with Crippen LogP contribution in [0.5, 0.6) is 0 Å². The summed E-state index contributed by atoms with van der Waals surface area (Å²) in [6.07, 6.45) is 2.73. The molecule has 1 aliphatic heterocycles. The topological polar surface area (TPSA) is 39.1 Å². The van der Waals surface area contributed by atoms with Crippen molar-refractivity contribution >= 4 is 12.2 Å². The highest BCUT2D eigenvalue weighted by atomic mass is 16.2. The molecule has 1 saturated heterocycles. The summed E-state index contributed by atoms with van der Waals surface area (Å²) in [5.74, 6) is 0. The van der Waals surface area contributed by atoms with Crippen molar-refractivity contribution in [2.75, 3.05) is 40.3 Å². The SMILES string of the molecule is CN(C)CCCN1CCN(N=Cc2ccccc2)C1=O. The number of amides is 2. The zero-order chi connectivity index (χ0) is 14.4. The normalized spacial score (nSPS) is 15.8. The highest BCUT2D eigenvalue weighted by Gasteiger charge is 2.27. The van der Waals surface area contributed by atoms with Crippen molar-refractivity contribution in [1.29, 1.82) is 0 Å². The third-order valence-corrected chi connectivity index (χ3v) is 3.25. The molecule has 1 aliphatic rings. The van der Waals surface area contributed by atoms with Gasteiger partial charge >= 0.3 is 6.03 Å². The van der Waals surface area contributed by atoms with Gasteiger partial charge in [-0.3, -0.25) is 0 Å². The van der Waals surface area contributed by atoms with Gasteiger partial charge in [0.05, 0.1) is 12.8 Å². The first kappa shape index (κ1) is 14.5. The van der Waals surface area contributed by atoms with Crippen LogP contribution in [-0.2, 0) is 0 Å². The largest absolute Gasteiger partial charge is 0.340 e. The van der Waals surface area contributed by atoms with Gasteiger partial charge in [0.15, 0.2) is 0 Å². The summed E-state index contributed by atoms with van der Waals surface area (Å²) in [5.41, 5.74) is 1.01. The molecule has 0 saturated carbocycles. The number of hydrogen-bond donors (Lipinski definition) is 0. The van der Waals surface area contributed by atoms with Gasteiger partial charge in [-0.25, -0.2) is 9.80 Å². The molecular weight excluding hydrogens is 252 g/mol.